The summed E-state index contributed by atoms with van der Waals surface area (Å²) in [4.78, 5) is 11.2. The van der Waals surface area contributed by atoms with E-state index >= 15 is 0 Å². The standard InChI is InChI=1S/C11H15BrN2O2/c1-8(15)6-13-11(16)14-7-9-2-4-10(12)5-3-9/h2-5,8,15H,6-7H2,1H3,(H2,13,14,16)/t8-/m1/s1. The van der Waals surface area contributed by atoms with Crippen LogP contribution < -0.4 is 10.6 Å². The molecule has 1 atom stereocenters. The summed E-state index contributed by atoms with van der Waals surface area (Å²) in [5.74, 6) is 0. The second kappa shape index (κ2) is 6.50. The summed E-state index contributed by atoms with van der Waals surface area (Å²) in [6.45, 7) is 2.35. The number of carbonyl (C=O) groups is 1. The maximum Gasteiger partial charge on any atom is 0.315 e. The van der Waals surface area contributed by atoms with Gasteiger partial charge < -0.3 is 15.7 Å². The van der Waals surface area contributed by atoms with Crippen LogP contribution in [0.3, 0.4) is 0 Å². The summed E-state index contributed by atoms with van der Waals surface area (Å²) in [5.41, 5.74) is 1.02. The molecule has 88 valence electrons. The van der Waals surface area contributed by atoms with Crippen molar-refractivity contribution in [3.8, 4) is 0 Å². The molecule has 0 unspecified atom stereocenters. The number of nitrogens with one attached hydrogen (secondary N) is 2. The number of halogens is 1. The monoisotopic (exact) mass is 286 g/mol. The number of hydrogen-bond donors (Lipinski definition) is 3. The minimum absolute atomic E-state index is 0.256. The molecule has 1 aromatic rings. The SMILES string of the molecule is C[C@@H](O)CNC(=O)NCc1ccc(Br)cc1. The van der Waals surface area contributed by atoms with Crippen molar-refractivity contribution in [3.05, 3.63) is 34.3 Å². The van der Waals surface area contributed by atoms with Crippen LogP contribution in [0.2, 0.25) is 0 Å². The van der Waals surface area contributed by atoms with Crippen molar-refractivity contribution >= 4 is 22.0 Å². The topological polar surface area (TPSA) is 61.4 Å². The average Bonchev–Trinajstić information content (AvgIpc) is 2.25. The van der Waals surface area contributed by atoms with Gasteiger partial charge in [0.15, 0.2) is 0 Å². The lowest BCUT2D eigenvalue weighted by molar-refractivity contribution is 0.187. The smallest absolute Gasteiger partial charge is 0.315 e. The molecule has 3 N–H and O–H groups in total. The van der Waals surface area contributed by atoms with E-state index in [4.69, 9.17) is 5.11 Å². The summed E-state index contributed by atoms with van der Waals surface area (Å²) >= 11 is 3.34. The van der Waals surface area contributed by atoms with Crippen LogP contribution in [-0.2, 0) is 6.54 Å². The fraction of sp³-hybridized carbons (Fsp3) is 0.364. The fourth-order valence-corrected chi connectivity index (χ4v) is 1.35. The number of aliphatic hydroxyl groups is 1. The summed E-state index contributed by atoms with van der Waals surface area (Å²) in [5, 5.41) is 14.2. The van der Waals surface area contributed by atoms with Gasteiger partial charge in [-0.3, -0.25) is 0 Å². The Hall–Kier alpha value is -1.07. The summed E-state index contributed by atoms with van der Waals surface area (Å²) < 4.78 is 1.01. The first kappa shape index (κ1) is 13.0. The molecule has 0 aliphatic rings. The van der Waals surface area contributed by atoms with Crippen molar-refractivity contribution in [1.29, 1.82) is 0 Å². The van der Waals surface area contributed by atoms with E-state index in [9.17, 15) is 4.79 Å². The van der Waals surface area contributed by atoms with Crippen LogP contribution in [0, 0.1) is 0 Å². The van der Waals surface area contributed by atoms with Gasteiger partial charge in [-0.2, -0.15) is 0 Å². The van der Waals surface area contributed by atoms with E-state index in [1.807, 2.05) is 24.3 Å². The van der Waals surface area contributed by atoms with Crippen molar-refractivity contribution in [3.63, 3.8) is 0 Å². The second-order valence-electron chi connectivity index (χ2n) is 3.54. The van der Waals surface area contributed by atoms with Crippen LogP contribution in [0.15, 0.2) is 28.7 Å². The number of hydrogen-bond acceptors (Lipinski definition) is 2. The van der Waals surface area contributed by atoms with Crippen LogP contribution in [0.25, 0.3) is 0 Å². The molecule has 1 rings (SSSR count). The number of rotatable bonds is 4. The van der Waals surface area contributed by atoms with Crippen molar-refractivity contribution in [2.45, 2.75) is 19.6 Å². The predicted octanol–water partition coefficient (Wildman–Crippen LogP) is 1.63. The van der Waals surface area contributed by atoms with Crippen LogP contribution in [0.5, 0.6) is 0 Å². The summed E-state index contributed by atoms with van der Waals surface area (Å²) in [6, 6.07) is 7.43. The van der Waals surface area contributed by atoms with Gasteiger partial charge in [0.05, 0.1) is 6.10 Å². The number of carbonyl (C=O) groups excluding carboxylic acids is 1. The Labute approximate surface area is 103 Å². The zero-order valence-corrected chi connectivity index (χ0v) is 10.6. The largest absolute Gasteiger partial charge is 0.392 e. The molecule has 0 saturated heterocycles. The van der Waals surface area contributed by atoms with Gasteiger partial charge in [-0.25, -0.2) is 4.79 Å². The first-order valence-corrected chi connectivity index (χ1v) is 5.81. The molecule has 0 heterocycles. The van der Waals surface area contributed by atoms with Crippen molar-refractivity contribution in [2.24, 2.45) is 0 Å². The van der Waals surface area contributed by atoms with Gasteiger partial charge in [-0.1, -0.05) is 28.1 Å². The van der Waals surface area contributed by atoms with E-state index in [0.29, 0.717) is 6.54 Å². The molecule has 2 amide bonds. The molecule has 0 saturated carbocycles. The van der Waals surface area contributed by atoms with Gasteiger partial charge in [0.2, 0.25) is 0 Å². The third-order valence-electron chi connectivity index (χ3n) is 1.92. The molecular weight excluding hydrogens is 272 g/mol. The zero-order valence-electron chi connectivity index (χ0n) is 9.03. The van der Waals surface area contributed by atoms with E-state index in [1.165, 1.54) is 0 Å². The molecule has 0 bridgehead atoms. The van der Waals surface area contributed by atoms with Crippen LogP contribution >= 0.6 is 15.9 Å². The van der Waals surface area contributed by atoms with Gasteiger partial charge >= 0.3 is 6.03 Å². The molecular formula is C11H15BrN2O2. The van der Waals surface area contributed by atoms with Crippen LogP contribution in [-0.4, -0.2) is 23.8 Å². The Kier molecular flexibility index (Phi) is 5.28. The number of aliphatic hydroxyl groups excluding tert-OH is 1. The van der Waals surface area contributed by atoms with Crippen LogP contribution in [0.1, 0.15) is 12.5 Å². The first-order valence-electron chi connectivity index (χ1n) is 5.02. The van der Waals surface area contributed by atoms with Gasteiger partial charge in [0, 0.05) is 17.6 Å². The third-order valence-corrected chi connectivity index (χ3v) is 2.45. The third kappa shape index (κ3) is 5.14. The molecule has 0 radical (unpaired) electrons. The molecule has 16 heavy (non-hydrogen) atoms. The minimum Gasteiger partial charge on any atom is -0.392 e. The summed E-state index contributed by atoms with van der Waals surface area (Å²) in [7, 11) is 0. The van der Waals surface area contributed by atoms with Crippen molar-refractivity contribution < 1.29 is 9.90 Å². The Morgan fingerprint density at radius 1 is 1.38 bits per heavy atom. The minimum atomic E-state index is -0.529. The predicted molar refractivity (Wildman–Crippen MR) is 66.1 cm³/mol. The Bertz CT molecular complexity index is 338. The van der Waals surface area contributed by atoms with Gasteiger partial charge in [0.1, 0.15) is 0 Å². The molecule has 0 aromatic heterocycles. The van der Waals surface area contributed by atoms with E-state index in [1.54, 1.807) is 6.92 Å². The Morgan fingerprint density at radius 2 is 2.00 bits per heavy atom. The lowest BCUT2D eigenvalue weighted by Crippen LogP contribution is -2.38. The van der Waals surface area contributed by atoms with E-state index in [0.717, 1.165) is 10.0 Å². The van der Waals surface area contributed by atoms with Crippen molar-refractivity contribution in [2.75, 3.05) is 6.54 Å². The molecule has 1 aromatic carbocycles. The maximum absolute atomic E-state index is 11.2. The quantitative estimate of drug-likeness (QED) is 0.788. The Morgan fingerprint density at radius 3 is 2.56 bits per heavy atom. The molecule has 4 nitrogen and oxygen atoms in total. The van der Waals surface area contributed by atoms with Gasteiger partial charge in [0.25, 0.3) is 0 Å². The highest BCUT2D eigenvalue weighted by Gasteiger charge is 2.01. The lowest BCUT2D eigenvalue weighted by atomic mass is 10.2. The van der Waals surface area contributed by atoms with Gasteiger partial charge in [-0.15, -0.1) is 0 Å². The normalized spacial score (nSPS) is 11.9. The second-order valence-corrected chi connectivity index (χ2v) is 4.45. The Balaban J connectivity index is 2.29. The van der Waals surface area contributed by atoms with E-state index in [-0.39, 0.29) is 12.6 Å². The maximum atomic E-state index is 11.2. The molecule has 0 aliphatic carbocycles. The highest BCUT2D eigenvalue weighted by Crippen LogP contribution is 2.09. The van der Waals surface area contributed by atoms with Crippen molar-refractivity contribution in [1.82, 2.24) is 10.6 Å². The number of urea groups is 1. The average molecular weight is 287 g/mol. The number of benzene rings is 1. The summed E-state index contributed by atoms with van der Waals surface area (Å²) in [6.07, 6.45) is -0.529. The molecule has 0 aliphatic heterocycles. The first-order chi connectivity index (χ1) is 7.58. The fourth-order valence-electron chi connectivity index (χ4n) is 1.09. The lowest BCUT2D eigenvalue weighted by Gasteiger charge is -2.08. The highest BCUT2D eigenvalue weighted by atomic mass is 79.9. The highest BCUT2D eigenvalue weighted by molar-refractivity contribution is 9.10. The van der Waals surface area contributed by atoms with Gasteiger partial charge in [-0.05, 0) is 24.6 Å². The van der Waals surface area contributed by atoms with Crippen LogP contribution in [0.4, 0.5) is 4.79 Å². The molecule has 5 heteroatoms. The molecule has 0 spiro atoms. The zero-order chi connectivity index (χ0) is 12.0. The number of amides is 2. The molecule has 0 fully saturated rings. The van der Waals surface area contributed by atoms with E-state index in [2.05, 4.69) is 26.6 Å². The van der Waals surface area contributed by atoms with E-state index < -0.39 is 6.10 Å².